The molecule has 0 atom stereocenters. The van der Waals surface area contributed by atoms with E-state index in [9.17, 15) is 0 Å². The number of anilines is 1. The molecule has 1 fully saturated rings. The average molecular weight is 306 g/mol. The third-order valence-electron chi connectivity index (χ3n) is 2.25. The summed E-state index contributed by atoms with van der Waals surface area (Å²) in [6, 6.07) is 2.64. The number of hydrogen-bond donors (Lipinski definition) is 1. The molecule has 1 N–H and O–H groups in total. The minimum absolute atomic E-state index is 0.630. The van der Waals surface area contributed by atoms with Crippen molar-refractivity contribution in [2.45, 2.75) is 25.3 Å². The fourth-order valence-electron chi connectivity index (χ4n) is 1.27. The fraction of sp³-hybridized carbons (Fsp3) is 0.444. The molecular weight excluding hydrogens is 296 g/mol. The topological polar surface area (TPSA) is 24.9 Å². The van der Waals surface area contributed by atoms with E-state index >= 15 is 0 Å². The first-order valence-corrected chi connectivity index (χ1v) is 5.92. The van der Waals surface area contributed by atoms with Crippen LogP contribution in [0.2, 0.25) is 0 Å². The van der Waals surface area contributed by atoms with Crippen molar-refractivity contribution in [3.8, 4) is 0 Å². The fourth-order valence-corrected chi connectivity index (χ4v) is 2.37. The quantitative estimate of drug-likeness (QED) is 0.903. The molecule has 0 spiro atoms. The molecule has 1 aromatic heterocycles. The van der Waals surface area contributed by atoms with Crippen molar-refractivity contribution in [1.29, 1.82) is 0 Å². The molecule has 1 saturated carbocycles. The van der Waals surface area contributed by atoms with Crippen LogP contribution in [0.5, 0.6) is 0 Å². The smallest absolute Gasteiger partial charge is 0.140 e. The summed E-state index contributed by atoms with van der Waals surface area (Å²) in [7, 11) is 0. The third kappa shape index (κ3) is 2.23. The molecule has 0 aliphatic heterocycles. The molecule has 0 unspecified atom stereocenters. The lowest BCUT2D eigenvalue weighted by Crippen LogP contribution is -2.27. The van der Waals surface area contributed by atoms with Crippen molar-refractivity contribution in [2.75, 3.05) is 5.32 Å². The molecule has 2 nitrogen and oxygen atoms in total. The molecule has 1 aromatic rings. The van der Waals surface area contributed by atoms with Gasteiger partial charge in [0.2, 0.25) is 0 Å². The molecule has 70 valence electrons. The largest absolute Gasteiger partial charge is 0.366 e. The second-order valence-electron chi connectivity index (χ2n) is 3.26. The zero-order chi connectivity index (χ0) is 9.26. The van der Waals surface area contributed by atoms with E-state index in [2.05, 4.69) is 42.2 Å². The number of nitrogens with one attached hydrogen (secondary N) is 1. The second kappa shape index (κ2) is 3.96. The predicted molar refractivity (Wildman–Crippen MR) is 60.9 cm³/mol. The Morgan fingerprint density at radius 1 is 1.38 bits per heavy atom. The van der Waals surface area contributed by atoms with Gasteiger partial charge in [-0.05, 0) is 57.2 Å². The van der Waals surface area contributed by atoms with Gasteiger partial charge in [0, 0.05) is 16.7 Å². The van der Waals surface area contributed by atoms with Gasteiger partial charge in [-0.2, -0.15) is 0 Å². The van der Waals surface area contributed by atoms with E-state index in [1.54, 1.807) is 0 Å². The van der Waals surface area contributed by atoms with Gasteiger partial charge in [0.05, 0.1) is 4.47 Å². The summed E-state index contributed by atoms with van der Waals surface area (Å²) < 4.78 is 2.02. The van der Waals surface area contributed by atoms with Crippen molar-refractivity contribution in [3.05, 3.63) is 21.2 Å². The lowest BCUT2D eigenvalue weighted by atomic mass is 9.93. The van der Waals surface area contributed by atoms with Crippen LogP contribution < -0.4 is 5.32 Å². The summed E-state index contributed by atoms with van der Waals surface area (Å²) >= 11 is 6.85. The predicted octanol–water partition coefficient (Wildman–Crippen LogP) is 3.57. The number of nitrogens with zero attached hydrogens (tertiary/aromatic N) is 1. The van der Waals surface area contributed by atoms with Crippen LogP contribution >= 0.6 is 31.9 Å². The third-order valence-corrected chi connectivity index (χ3v) is 3.29. The lowest BCUT2D eigenvalue weighted by Gasteiger charge is -2.27. The van der Waals surface area contributed by atoms with Gasteiger partial charge >= 0.3 is 0 Å². The van der Waals surface area contributed by atoms with Crippen LogP contribution in [-0.4, -0.2) is 11.0 Å². The Hall–Kier alpha value is -0.0900. The SMILES string of the molecule is Brc1cnc(NC2CCC2)c(Br)c1. The Balaban J connectivity index is 2.10. The monoisotopic (exact) mass is 304 g/mol. The summed E-state index contributed by atoms with van der Waals surface area (Å²) in [4.78, 5) is 4.29. The zero-order valence-electron chi connectivity index (χ0n) is 7.06. The Morgan fingerprint density at radius 3 is 2.69 bits per heavy atom. The van der Waals surface area contributed by atoms with Crippen molar-refractivity contribution in [3.63, 3.8) is 0 Å². The Kier molecular flexibility index (Phi) is 2.89. The molecule has 4 heteroatoms. The minimum atomic E-state index is 0.630. The van der Waals surface area contributed by atoms with E-state index in [0.717, 1.165) is 14.8 Å². The molecular formula is C9H10Br2N2. The van der Waals surface area contributed by atoms with Crippen molar-refractivity contribution in [2.24, 2.45) is 0 Å². The maximum Gasteiger partial charge on any atom is 0.140 e. The van der Waals surface area contributed by atoms with Gasteiger partial charge in [0.15, 0.2) is 0 Å². The molecule has 1 aliphatic rings. The highest BCUT2D eigenvalue weighted by Gasteiger charge is 2.18. The highest BCUT2D eigenvalue weighted by molar-refractivity contribution is 9.11. The van der Waals surface area contributed by atoms with Crippen LogP contribution in [0.3, 0.4) is 0 Å². The van der Waals surface area contributed by atoms with Gasteiger partial charge < -0.3 is 5.32 Å². The van der Waals surface area contributed by atoms with E-state index in [1.807, 2.05) is 12.3 Å². The highest BCUT2D eigenvalue weighted by atomic mass is 79.9. The molecule has 2 rings (SSSR count). The number of aromatic nitrogens is 1. The number of halogens is 2. The summed E-state index contributed by atoms with van der Waals surface area (Å²) in [6.45, 7) is 0. The first kappa shape index (κ1) is 9.46. The average Bonchev–Trinajstić information content (AvgIpc) is 1.99. The van der Waals surface area contributed by atoms with Gasteiger partial charge in [0.1, 0.15) is 5.82 Å². The van der Waals surface area contributed by atoms with E-state index in [1.165, 1.54) is 19.3 Å². The molecule has 0 bridgehead atoms. The Morgan fingerprint density at radius 2 is 2.15 bits per heavy atom. The van der Waals surface area contributed by atoms with Crippen LogP contribution in [0.25, 0.3) is 0 Å². The Bertz CT molecular complexity index is 310. The number of pyridine rings is 1. The number of hydrogen-bond acceptors (Lipinski definition) is 2. The van der Waals surface area contributed by atoms with E-state index < -0.39 is 0 Å². The van der Waals surface area contributed by atoms with Crippen molar-refractivity contribution < 1.29 is 0 Å². The van der Waals surface area contributed by atoms with E-state index in [0.29, 0.717) is 6.04 Å². The maximum absolute atomic E-state index is 4.29. The normalized spacial score (nSPS) is 16.8. The molecule has 1 heterocycles. The Labute approximate surface area is 94.4 Å². The molecule has 0 radical (unpaired) electrons. The van der Waals surface area contributed by atoms with Gasteiger partial charge in [0.25, 0.3) is 0 Å². The summed E-state index contributed by atoms with van der Waals surface area (Å²) in [5.41, 5.74) is 0. The second-order valence-corrected chi connectivity index (χ2v) is 5.03. The van der Waals surface area contributed by atoms with Crippen molar-refractivity contribution in [1.82, 2.24) is 4.98 Å². The zero-order valence-corrected chi connectivity index (χ0v) is 10.2. The van der Waals surface area contributed by atoms with E-state index in [-0.39, 0.29) is 0 Å². The molecule has 0 amide bonds. The van der Waals surface area contributed by atoms with Crippen LogP contribution in [0.15, 0.2) is 21.2 Å². The first-order valence-electron chi connectivity index (χ1n) is 4.33. The van der Waals surface area contributed by atoms with Gasteiger partial charge in [-0.15, -0.1) is 0 Å². The molecule has 1 aliphatic carbocycles. The molecule has 13 heavy (non-hydrogen) atoms. The van der Waals surface area contributed by atoms with Gasteiger partial charge in [-0.25, -0.2) is 4.98 Å². The lowest BCUT2D eigenvalue weighted by molar-refractivity contribution is 0.444. The first-order chi connectivity index (χ1) is 6.25. The van der Waals surface area contributed by atoms with Gasteiger partial charge in [-0.3, -0.25) is 0 Å². The standard InChI is InChI=1S/C9H10Br2N2/c10-6-4-8(11)9(12-5-6)13-7-2-1-3-7/h4-5,7H,1-3H2,(H,12,13). The van der Waals surface area contributed by atoms with Crippen LogP contribution in [-0.2, 0) is 0 Å². The summed E-state index contributed by atoms with van der Waals surface area (Å²) in [5.74, 6) is 0.952. The summed E-state index contributed by atoms with van der Waals surface area (Å²) in [5, 5.41) is 3.40. The van der Waals surface area contributed by atoms with Gasteiger partial charge in [-0.1, -0.05) is 0 Å². The van der Waals surface area contributed by atoms with Crippen LogP contribution in [0, 0.1) is 0 Å². The maximum atomic E-state index is 4.29. The molecule has 0 saturated heterocycles. The molecule has 0 aromatic carbocycles. The highest BCUT2D eigenvalue weighted by Crippen LogP contribution is 2.28. The van der Waals surface area contributed by atoms with Crippen LogP contribution in [0.4, 0.5) is 5.82 Å². The summed E-state index contributed by atoms with van der Waals surface area (Å²) in [6.07, 6.45) is 5.69. The van der Waals surface area contributed by atoms with Crippen molar-refractivity contribution >= 4 is 37.7 Å². The van der Waals surface area contributed by atoms with E-state index in [4.69, 9.17) is 0 Å². The minimum Gasteiger partial charge on any atom is -0.366 e. The van der Waals surface area contributed by atoms with Crippen LogP contribution in [0.1, 0.15) is 19.3 Å². The number of rotatable bonds is 2.